The molecular weight excluding hydrogens is 418 g/mol. The lowest BCUT2D eigenvalue weighted by atomic mass is 10.1. The van der Waals surface area contributed by atoms with Gasteiger partial charge in [0.05, 0.1) is 26.4 Å². The number of anilines is 3. The first-order valence-corrected chi connectivity index (χ1v) is 11.8. The third-order valence-corrected chi connectivity index (χ3v) is 6.48. The Morgan fingerprint density at radius 1 is 1.00 bits per heavy atom. The molecule has 0 bridgehead atoms. The van der Waals surface area contributed by atoms with Gasteiger partial charge in [0.2, 0.25) is 0 Å². The van der Waals surface area contributed by atoms with Gasteiger partial charge in [-0.05, 0) is 37.6 Å². The van der Waals surface area contributed by atoms with Gasteiger partial charge in [-0.15, -0.1) is 0 Å². The van der Waals surface area contributed by atoms with E-state index in [1.807, 2.05) is 12.1 Å². The normalized spacial score (nSPS) is 17.5. The van der Waals surface area contributed by atoms with Crippen molar-refractivity contribution in [3.05, 3.63) is 41.6 Å². The molecular formula is C25H33N5O3. The van der Waals surface area contributed by atoms with Crippen LogP contribution in [-0.4, -0.2) is 80.6 Å². The van der Waals surface area contributed by atoms with Crippen molar-refractivity contribution in [2.24, 2.45) is 0 Å². The molecule has 0 unspecified atom stereocenters. The Morgan fingerprint density at radius 3 is 2.55 bits per heavy atom. The monoisotopic (exact) mass is 451 g/mol. The maximum absolute atomic E-state index is 6.19. The highest BCUT2D eigenvalue weighted by molar-refractivity contribution is 5.88. The van der Waals surface area contributed by atoms with Gasteiger partial charge in [0.15, 0.2) is 0 Å². The molecule has 0 radical (unpaired) electrons. The molecule has 0 atom stereocenters. The SMILES string of the molecule is Cc1[nH]c2ccc(Nc3cc(OCCN4CCOCC4)cc(N4CCOCC4)n3)cc2c1C. The number of aromatic amines is 1. The third kappa shape index (κ3) is 5.24. The minimum absolute atomic E-state index is 0.639. The van der Waals surface area contributed by atoms with E-state index < -0.39 is 0 Å². The fraction of sp³-hybridized carbons (Fsp3) is 0.480. The molecule has 1 aromatic carbocycles. The number of fused-ring (bicyclic) bond motifs is 1. The maximum Gasteiger partial charge on any atom is 0.136 e. The minimum atomic E-state index is 0.639. The van der Waals surface area contributed by atoms with Gasteiger partial charge in [-0.3, -0.25) is 4.90 Å². The van der Waals surface area contributed by atoms with Crippen molar-refractivity contribution < 1.29 is 14.2 Å². The summed E-state index contributed by atoms with van der Waals surface area (Å²) in [7, 11) is 0. The molecule has 2 N–H and O–H groups in total. The van der Waals surface area contributed by atoms with E-state index in [9.17, 15) is 0 Å². The van der Waals surface area contributed by atoms with E-state index in [4.69, 9.17) is 19.2 Å². The smallest absolute Gasteiger partial charge is 0.136 e. The highest BCUT2D eigenvalue weighted by atomic mass is 16.5. The number of rotatable bonds is 7. The molecule has 33 heavy (non-hydrogen) atoms. The van der Waals surface area contributed by atoms with Crippen LogP contribution in [0.25, 0.3) is 10.9 Å². The van der Waals surface area contributed by atoms with Crippen molar-refractivity contribution in [3.63, 3.8) is 0 Å². The van der Waals surface area contributed by atoms with Crippen LogP contribution in [0.4, 0.5) is 17.3 Å². The fourth-order valence-corrected chi connectivity index (χ4v) is 4.40. The van der Waals surface area contributed by atoms with E-state index in [-0.39, 0.29) is 0 Å². The number of aromatic nitrogens is 2. The lowest BCUT2D eigenvalue weighted by Crippen LogP contribution is -2.38. The topological polar surface area (TPSA) is 74.9 Å². The molecule has 8 nitrogen and oxygen atoms in total. The number of morpholine rings is 2. The van der Waals surface area contributed by atoms with Crippen molar-refractivity contribution in [2.75, 3.05) is 76.0 Å². The fourth-order valence-electron chi connectivity index (χ4n) is 4.40. The van der Waals surface area contributed by atoms with E-state index in [0.717, 1.165) is 87.7 Å². The molecule has 5 rings (SSSR count). The zero-order chi connectivity index (χ0) is 22.6. The molecule has 3 aromatic rings. The van der Waals surface area contributed by atoms with Gasteiger partial charge in [-0.25, -0.2) is 4.98 Å². The van der Waals surface area contributed by atoms with Crippen LogP contribution in [0.2, 0.25) is 0 Å². The summed E-state index contributed by atoms with van der Waals surface area (Å²) >= 11 is 0. The van der Waals surface area contributed by atoms with Crippen LogP contribution in [0.5, 0.6) is 5.75 Å². The molecule has 0 saturated carbocycles. The summed E-state index contributed by atoms with van der Waals surface area (Å²) in [5.74, 6) is 2.53. The molecule has 0 aliphatic carbocycles. The second kappa shape index (κ2) is 9.99. The van der Waals surface area contributed by atoms with Crippen molar-refractivity contribution >= 4 is 28.2 Å². The molecule has 8 heteroatoms. The van der Waals surface area contributed by atoms with Gasteiger partial charge < -0.3 is 29.4 Å². The zero-order valence-electron chi connectivity index (χ0n) is 19.5. The molecule has 2 aromatic heterocycles. The molecule has 0 amide bonds. The molecule has 2 aliphatic rings. The first-order valence-electron chi connectivity index (χ1n) is 11.8. The van der Waals surface area contributed by atoms with Crippen LogP contribution in [0.1, 0.15) is 11.3 Å². The van der Waals surface area contributed by atoms with Gasteiger partial charge in [0.25, 0.3) is 0 Å². The Balaban J connectivity index is 1.35. The minimum Gasteiger partial charge on any atom is -0.492 e. The quantitative estimate of drug-likeness (QED) is 0.570. The second-order valence-corrected chi connectivity index (χ2v) is 8.71. The number of hydrogen-bond acceptors (Lipinski definition) is 7. The zero-order valence-corrected chi connectivity index (χ0v) is 19.5. The lowest BCUT2D eigenvalue weighted by molar-refractivity contribution is 0.0322. The molecule has 0 spiro atoms. The van der Waals surface area contributed by atoms with Crippen LogP contribution in [-0.2, 0) is 9.47 Å². The standard InChI is InChI=1S/C25H33N5O3/c1-18-19(2)26-23-4-3-20(15-22(18)23)27-24-16-21(33-14-7-29-5-10-31-11-6-29)17-25(28-24)30-8-12-32-13-9-30/h3-4,15-17,26H,5-14H2,1-2H3,(H,27,28). The van der Waals surface area contributed by atoms with Crippen LogP contribution in [0.15, 0.2) is 30.3 Å². The second-order valence-electron chi connectivity index (χ2n) is 8.71. The molecule has 4 heterocycles. The van der Waals surface area contributed by atoms with Crippen molar-refractivity contribution in [3.8, 4) is 5.75 Å². The number of nitrogens with one attached hydrogen (secondary N) is 2. The maximum atomic E-state index is 6.19. The van der Waals surface area contributed by atoms with Crippen molar-refractivity contribution in [1.29, 1.82) is 0 Å². The number of aryl methyl sites for hydroxylation is 2. The van der Waals surface area contributed by atoms with Crippen LogP contribution >= 0.6 is 0 Å². The number of benzene rings is 1. The van der Waals surface area contributed by atoms with E-state index in [0.29, 0.717) is 6.61 Å². The van der Waals surface area contributed by atoms with E-state index in [1.165, 1.54) is 16.6 Å². The summed E-state index contributed by atoms with van der Waals surface area (Å²) in [5.41, 5.74) is 4.63. The highest BCUT2D eigenvalue weighted by Crippen LogP contribution is 2.29. The largest absolute Gasteiger partial charge is 0.492 e. The number of nitrogens with zero attached hydrogens (tertiary/aromatic N) is 3. The van der Waals surface area contributed by atoms with Gasteiger partial charge in [-0.2, -0.15) is 0 Å². The van der Waals surface area contributed by atoms with Crippen LogP contribution < -0.4 is 15.0 Å². The Hall–Kier alpha value is -2.81. The predicted octanol–water partition coefficient (Wildman–Crippen LogP) is 3.47. The number of pyridine rings is 1. The Morgan fingerprint density at radius 2 is 1.76 bits per heavy atom. The Bertz CT molecular complexity index is 1090. The molecule has 2 aliphatic heterocycles. The Kier molecular flexibility index (Phi) is 6.66. The average molecular weight is 452 g/mol. The summed E-state index contributed by atoms with van der Waals surface area (Å²) in [6, 6.07) is 10.4. The summed E-state index contributed by atoms with van der Waals surface area (Å²) in [5, 5.41) is 4.73. The molecule has 2 fully saturated rings. The van der Waals surface area contributed by atoms with Crippen LogP contribution in [0, 0.1) is 13.8 Å². The van der Waals surface area contributed by atoms with Crippen molar-refractivity contribution in [2.45, 2.75) is 13.8 Å². The summed E-state index contributed by atoms with van der Waals surface area (Å²) in [6.45, 7) is 12.4. The highest BCUT2D eigenvalue weighted by Gasteiger charge is 2.16. The van der Waals surface area contributed by atoms with E-state index in [1.54, 1.807) is 0 Å². The van der Waals surface area contributed by atoms with E-state index >= 15 is 0 Å². The van der Waals surface area contributed by atoms with Crippen molar-refractivity contribution in [1.82, 2.24) is 14.9 Å². The third-order valence-electron chi connectivity index (χ3n) is 6.48. The first-order chi connectivity index (χ1) is 16.2. The average Bonchev–Trinajstić information content (AvgIpc) is 3.13. The number of H-pyrrole nitrogens is 1. The summed E-state index contributed by atoms with van der Waals surface area (Å²) < 4.78 is 17.2. The summed E-state index contributed by atoms with van der Waals surface area (Å²) in [6.07, 6.45) is 0. The number of hydrogen-bond donors (Lipinski definition) is 2. The Labute approximate surface area is 194 Å². The van der Waals surface area contributed by atoms with E-state index in [2.05, 4.69) is 52.1 Å². The predicted molar refractivity (Wildman–Crippen MR) is 131 cm³/mol. The summed E-state index contributed by atoms with van der Waals surface area (Å²) in [4.78, 5) is 13.0. The molecule has 176 valence electrons. The van der Waals surface area contributed by atoms with Crippen LogP contribution in [0.3, 0.4) is 0 Å². The van der Waals surface area contributed by atoms with Gasteiger partial charge in [0, 0.05) is 67.1 Å². The molecule has 2 saturated heterocycles. The first kappa shape index (κ1) is 22.0. The van der Waals surface area contributed by atoms with Gasteiger partial charge in [-0.1, -0.05) is 0 Å². The van der Waals surface area contributed by atoms with Gasteiger partial charge in [0.1, 0.15) is 24.0 Å². The van der Waals surface area contributed by atoms with Gasteiger partial charge >= 0.3 is 0 Å². The number of ether oxygens (including phenoxy) is 3. The lowest BCUT2D eigenvalue weighted by Gasteiger charge is -2.29.